The molecule has 0 unspecified atom stereocenters. The predicted octanol–water partition coefficient (Wildman–Crippen LogP) is 6.63. The molecule has 2 aliphatic rings. The van der Waals surface area contributed by atoms with E-state index in [0.29, 0.717) is 0 Å². The number of rotatable bonds is 6. The fraction of sp³-hybridized carbons (Fsp3) is 0.519. The van der Waals surface area contributed by atoms with Crippen LogP contribution >= 0.6 is 0 Å². The quantitative estimate of drug-likeness (QED) is 0.287. The summed E-state index contributed by atoms with van der Waals surface area (Å²) in [5.74, 6) is 2.70. The van der Waals surface area contributed by atoms with E-state index < -0.39 is 0 Å². The van der Waals surface area contributed by atoms with Crippen molar-refractivity contribution in [3.8, 4) is 0 Å². The summed E-state index contributed by atoms with van der Waals surface area (Å²) in [6.07, 6.45) is 17.4. The first-order chi connectivity index (χ1) is 13.3. The van der Waals surface area contributed by atoms with Gasteiger partial charge in [0.2, 0.25) is 0 Å². The molecule has 5 radical (unpaired) electrons. The third-order valence-electron chi connectivity index (χ3n) is 6.91. The third kappa shape index (κ3) is 12.8. The predicted molar refractivity (Wildman–Crippen MR) is 120 cm³/mol. The smallest absolute Gasteiger partial charge is 0 e. The van der Waals surface area contributed by atoms with E-state index in [4.69, 9.17) is 0 Å². The molecule has 4 heteroatoms. The second kappa shape index (κ2) is 20.0. The van der Waals surface area contributed by atoms with Gasteiger partial charge in [-0.1, -0.05) is 37.1 Å². The molecule has 0 aromatic heterocycles. The molecule has 0 nitrogen and oxygen atoms in total. The number of hydrogen-bond donors (Lipinski definition) is 0. The molecule has 2 aliphatic carbocycles. The first kappa shape index (κ1) is 34.9. The molecule has 0 N–H and O–H groups in total. The van der Waals surface area contributed by atoms with Crippen molar-refractivity contribution in [3.05, 3.63) is 77.7 Å². The molecule has 0 spiro atoms. The first-order valence-electron chi connectivity index (χ1n) is 11.2. The van der Waals surface area contributed by atoms with Gasteiger partial charge in [-0.15, -0.1) is 0 Å². The Morgan fingerprint density at radius 1 is 0.613 bits per heavy atom. The molecule has 2 aromatic carbocycles. The van der Waals surface area contributed by atoms with Crippen LogP contribution in [0, 0.1) is 75.2 Å². The second-order valence-electron chi connectivity index (χ2n) is 9.03. The normalized spacial score (nSPS) is 20.9. The molecule has 0 aliphatic heterocycles. The van der Waals surface area contributed by atoms with E-state index in [2.05, 4.69) is 61.0 Å². The van der Waals surface area contributed by atoms with Crippen LogP contribution in [-0.2, 0) is 84.7 Å². The summed E-state index contributed by atoms with van der Waals surface area (Å²) in [5, 5.41) is 0. The zero-order valence-electron chi connectivity index (χ0n) is 19.6. The minimum Gasteiger partial charge on any atom is -0.328 e. The summed E-state index contributed by atoms with van der Waals surface area (Å²) in [4.78, 5) is 0. The molecule has 2 aromatic rings. The van der Waals surface area contributed by atoms with E-state index in [0.717, 1.165) is 17.8 Å². The van der Waals surface area contributed by atoms with E-state index >= 15 is 0 Å². The van der Waals surface area contributed by atoms with Crippen molar-refractivity contribution in [3.63, 3.8) is 0 Å². The molecule has 2 fully saturated rings. The Bertz CT molecular complexity index is 678. The molecular formula is C27H34RaRbY2-2. The average Bonchev–Trinajstić information content (AvgIpc) is 2.73. The molecule has 0 atom stereocenters. The van der Waals surface area contributed by atoms with E-state index in [1.165, 1.54) is 76.2 Å². The van der Waals surface area contributed by atoms with Crippen molar-refractivity contribution in [2.45, 2.75) is 70.6 Å². The molecule has 31 heavy (non-hydrogen) atoms. The van der Waals surface area contributed by atoms with Crippen molar-refractivity contribution in [2.75, 3.05) is 0 Å². The van der Waals surface area contributed by atoms with Crippen molar-refractivity contribution < 1.29 is 110 Å². The summed E-state index contributed by atoms with van der Waals surface area (Å²) >= 11 is 0. The largest absolute Gasteiger partial charge is 0.328 e. The Balaban J connectivity index is 0.00000225. The van der Waals surface area contributed by atoms with Crippen LogP contribution in [0.1, 0.15) is 68.1 Å². The first-order valence-corrected chi connectivity index (χ1v) is 11.2. The minimum absolute atomic E-state index is 0. The van der Waals surface area contributed by atoms with Crippen LogP contribution in [0.4, 0.5) is 0 Å². The summed E-state index contributed by atoms with van der Waals surface area (Å²) in [6, 6.07) is 21.3. The zero-order valence-corrected chi connectivity index (χ0v) is 36.0. The Kier molecular flexibility index (Phi) is 22.5. The van der Waals surface area contributed by atoms with Crippen LogP contribution in [0.5, 0.6) is 0 Å². The number of benzene rings is 2. The van der Waals surface area contributed by atoms with Crippen molar-refractivity contribution in [1.29, 1.82) is 0 Å². The third-order valence-corrected chi connectivity index (χ3v) is 6.91. The Morgan fingerprint density at radius 3 is 1.39 bits per heavy atom. The zero-order chi connectivity index (χ0) is 18.3. The molecule has 0 heterocycles. The van der Waals surface area contributed by atoms with Gasteiger partial charge in [-0.3, -0.25) is 0 Å². The Labute approximate surface area is 327 Å². The van der Waals surface area contributed by atoms with Crippen molar-refractivity contribution in [1.82, 2.24) is 0 Å². The second-order valence-corrected chi connectivity index (χ2v) is 9.03. The molecule has 0 bridgehead atoms. The van der Waals surface area contributed by atoms with Gasteiger partial charge in [-0.2, -0.15) is 48.7 Å². The molecule has 153 valence electrons. The van der Waals surface area contributed by atoms with Crippen LogP contribution in [0.15, 0.2) is 48.5 Å². The maximum atomic E-state index is 3.13. The van der Waals surface area contributed by atoms with E-state index in [-0.39, 0.29) is 169 Å². The van der Waals surface area contributed by atoms with Crippen LogP contribution in [0.2, 0.25) is 0 Å². The van der Waals surface area contributed by atoms with Gasteiger partial charge in [0, 0.05) is 169 Å². The van der Waals surface area contributed by atoms with Gasteiger partial charge in [0.25, 0.3) is 0 Å². The fourth-order valence-corrected chi connectivity index (χ4v) is 5.21. The molecule has 4 rings (SSSR count). The van der Waals surface area contributed by atoms with Gasteiger partial charge in [-0.05, 0) is 73.8 Å². The Hall–Kier alpha value is 3.92. The monoisotopic (exact) mass is 847 g/mol. The van der Waals surface area contributed by atoms with Gasteiger partial charge in [-0.25, -0.2) is 0 Å². The van der Waals surface area contributed by atoms with Gasteiger partial charge in [0.05, 0.1) is 0 Å². The van der Waals surface area contributed by atoms with Crippen LogP contribution in [0.25, 0.3) is 0 Å². The maximum absolute atomic E-state index is 3.13. The summed E-state index contributed by atoms with van der Waals surface area (Å²) in [7, 11) is 0. The summed E-state index contributed by atoms with van der Waals surface area (Å²) < 4.78 is 0. The minimum atomic E-state index is 0. The van der Waals surface area contributed by atoms with Gasteiger partial charge in [0.1, 0.15) is 0 Å². The fourth-order valence-electron chi connectivity index (χ4n) is 5.21. The SMILES string of the molecule is [Ra].[Rb].[Y].[Y].[c-]1ccc(CC2CCC(Cc3ccc(CC4CC[CH-]CC4)cc3)CC2)cc1. The topological polar surface area (TPSA) is 0 Å². The van der Waals surface area contributed by atoms with Crippen molar-refractivity contribution >= 4 is 58.2 Å². The van der Waals surface area contributed by atoms with E-state index in [1.54, 1.807) is 11.1 Å². The van der Waals surface area contributed by atoms with Gasteiger partial charge < -0.3 is 6.42 Å². The van der Waals surface area contributed by atoms with E-state index in [9.17, 15) is 0 Å². The molecule has 0 saturated heterocycles. The van der Waals surface area contributed by atoms with Crippen LogP contribution < -0.4 is 0 Å². The van der Waals surface area contributed by atoms with E-state index in [1.807, 2.05) is 0 Å². The van der Waals surface area contributed by atoms with Gasteiger partial charge >= 0.3 is 0 Å². The molecular weight excluding hydrogens is 814 g/mol. The molecule has 2 saturated carbocycles. The average molecular weight is 848 g/mol. The summed E-state index contributed by atoms with van der Waals surface area (Å²) in [6.45, 7) is 0. The Morgan fingerprint density at radius 2 is 0.968 bits per heavy atom. The summed E-state index contributed by atoms with van der Waals surface area (Å²) in [5.41, 5.74) is 4.59. The van der Waals surface area contributed by atoms with Crippen LogP contribution in [-0.4, -0.2) is 58.2 Å². The maximum Gasteiger partial charge on any atom is 0 e. The molecule has 0 amide bonds. The standard InChI is InChI=1S/C27H34.Ra.Rb.2Y/c1-3-7-22(8-4-1)19-24-11-15-26(16-12-24)21-27-17-13-25(14-18-27)20-23-9-5-2-6-10-23;;;;/h1,5-6,9-12,15-16,22,25,27H,3-4,7-8,13-14,17-21H2;;;;/q-2;;;;. The van der Waals surface area contributed by atoms with Crippen molar-refractivity contribution in [2.24, 2.45) is 17.8 Å². The number of hydrogen-bond acceptors (Lipinski definition) is 0. The van der Waals surface area contributed by atoms with Gasteiger partial charge in [0.15, 0.2) is 0 Å². The van der Waals surface area contributed by atoms with Crippen LogP contribution in [0.3, 0.4) is 0 Å².